The zero-order valence-electron chi connectivity index (χ0n) is 17.1. The highest BCUT2D eigenvalue weighted by Crippen LogP contribution is 2.23. The number of hydrogen-bond donors (Lipinski definition) is 3. The van der Waals surface area contributed by atoms with Crippen LogP contribution in [0.2, 0.25) is 0 Å². The van der Waals surface area contributed by atoms with E-state index in [1.54, 1.807) is 18.2 Å². The molecule has 7 nitrogen and oxygen atoms in total. The number of nitrogens with zero attached hydrogens (tertiary/aromatic N) is 2. The van der Waals surface area contributed by atoms with Crippen LogP contribution in [-0.4, -0.2) is 50.3 Å². The molecule has 2 rings (SSSR count). The van der Waals surface area contributed by atoms with Gasteiger partial charge in [0.2, 0.25) is 0 Å². The van der Waals surface area contributed by atoms with E-state index in [4.69, 9.17) is 5.73 Å². The average Bonchev–Trinajstić information content (AvgIpc) is 2.67. The Morgan fingerprint density at radius 3 is 2.45 bits per heavy atom. The first-order valence-electron chi connectivity index (χ1n) is 9.07. The van der Waals surface area contributed by atoms with Gasteiger partial charge < -0.3 is 26.0 Å². The van der Waals surface area contributed by atoms with Crippen molar-refractivity contribution >= 4 is 41.5 Å². The van der Waals surface area contributed by atoms with Crippen molar-refractivity contribution in [1.29, 1.82) is 0 Å². The molecule has 4 N–H and O–H groups in total. The van der Waals surface area contributed by atoms with Gasteiger partial charge in [-0.3, -0.25) is 4.79 Å². The van der Waals surface area contributed by atoms with Crippen molar-refractivity contribution in [2.24, 2.45) is 10.7 Å². The second kappa shape index (κ2) is 12.3. The zero-order chi connectivity index (χ0) is 22.1. The number of hydrogen-bond acceptors (Lipinski definition) is 4. The molecule has 0 saturated heterocycles. The van der Waals surface area contributed by atoms with Crippen molar-refractivity contribution in [1.82, 2.24) is 10.2 Å². The molecule has 0 spiro atoms. The van der Waals surface area contributed by atoms with Crippen LogP contribution in [0.5, 0.6) is 5.75 Å². The summed E-state index contributed by atoms with van der Waals surface area (Å²) in [7, 11) is 3.85. The number of ether oxygens (including phenoxy) is 1. The number of carbonyl (C=O) groups is 1. The molecule has 0 fully saturated rings. The minimum Gasteiger partial charge on any atom is -0.406 e. The minimum absolute atomic E-state index is 0. The van der Waals surface area contributed by atoms with Crippen LogP contribution in [-0.2, 0) is 6.54 Å². The first-order chi connectivity index (χ1) is 14.1. The summed E-state index contributed by atoms with van der Waals surface area (Å²) < 4.78 is 40.4. The number of alkyl halides is 3. The summed E-state index contributed by atoms with van der Waals surface area (Å²) in [5.41, 5.74) is 7.59. The molecule has 0 heterocycles. The highest BCUT2D eigenvalue weighted by atomic mass is 127. The summed E-state index contributed by atoms with van der Waals surface area (Å²) in [5, 5.41) is 5.62. The largest absolute Gasteiger partial charge is 0.573 e. The van der Waals surface area contributed by atoms with Gasteiger partial charge in [0.25, 0.3) is 5.91 Å². The number of amides is 1. The fourth-order valence-corrected chi connectivity index (χ4v) is 2.41. The molecule has 1 amide bonds. The maximum atomic E-state index is 12.2. The van der Waals surface area contributed by atoms with Crippen molar-refractivity contribution in [3.8, 4) is 5.75 Å². The van der Waals surface area contributed by atoms with E-state index in [1.165, 1.54) is 24.3 Å². The molecule has 11 heteroatoms. The molecule has 0 aliphatic carbocycles. The van der Waals surface area contributed by atoms with E-state index >= 15 is 0 Å². The van der Waals surface area contributed by atoms with Crippen molar-refractivity contribution < 1.29 is 22.7 Å². The van der Waals surface area contributed by atoms with Crippen molar-refractivity contribution in [3.05, 3.63) is 59.7 Å². The molecule has 170 valence electrons. The highest BCUT2D eigenvalue weighted by Gasteiger charge is 2.30. The fraction of sp³-hybridized carbons (Fsp3) is 0.300. The third kappa shape index (κ3) is 10.4. The predicted molar refractivity (Wildman–Crippen MR) is 125 cm³/mol. The molecule has 0 atom stereocenters. The second-order valence-electron chi connectivity index (χ2n) is 6.66. The third-order valence-electron chi connectivity index (χ3n) is 3.83. The van der Waals surface area contributed by atoms with Crippen LogP contribution < -0.4 is 21.1 Å². The lowest BCUT2D eigenvalue weighted by molar-refractivity contribution is -0.274. The lowest BCUT2D eigenvalue weighted by Crippen LogP contribution is -2.31. The highest BCUT2D eigenvalue weighted by molar-refractivity contribution is 14.0. The van der Waals surface area contributed by atoms with E-state index in [-0.39, 0.29) is 48.1 Å². The van der Waals surface area contributed by atoms with Gasteiger partial charge in [0.1, 0.15) is 5.75 Å². The van der Waals surface area contributed by atoms with Crippen LogP contribution in [0, 0.1) is 0 Å². The maximum Gasteiger partial charge on any atom is 0.573 e. The van der Waals surface area contributed by atoms with Gasteiger partial charge in [-0.1, -0.05) is 12.1 Å². The second-order valence-corrected chi connectivity index (χ2v) is 6.66. The third-order valence-corrected chi connectivity index (χ3v) is 3.83. The van der Waals surface area contributed by atoms with Gasteiger partial charge in [0.15, 0.2) is 5.96 Å². The van der Waals surface area contributed by atoms with Crippen LogP contribution >= 0.6 is 24.0 Å². The standard InChI is InChI=1S/C20H24F3N5O2.HI/c1-28(2)11-10-25-18(29)15-5-3-4-14(12-15)13-26-19(24)27-16-6-8-17(9-7-16)30-20(21,22)23;/h3-9,12H,10-11,13H2,1-2H3,(H,25,29)(H3,24,26,27);1H. The predicted octanol–water partition coefficient (Wildman–Crippen LogP) is 3.42. The topological polar surface area (TPSA) is 92.0 Å². The smallest absolute Gasteiger partial charge is 0.406 e. The first-order valence-corrected chi connectivity index (χ1v) is 9.07. The van der Waals surface area contributed by atoms with E-state index in [2.05, 4.69) is 20.4 Å². The normalized spacial score (nSPS) is 11.6. The summed E-state index contributed by atoms with van der Waals surface area (Å²) in [6.07, 6.45) is -4.74. The molecule has 0 unspecified atom stereocenters. The number of benzene rings is 2. The van der Waals surface area contributed by atoms with Gasteiger partial charge in [0, 0.05) is 24.3 Å². The quantitative estimate of drug-likeness (QED) is 0.266. The van der Waals surface area contributed by atoms with Gasteiger partial charge in [0.05, 0.1) is 6.54 Å². The Morgan fingerprint density at radius 2 is 1.84 bits per heavy atom. The molecule has 0 aliphatic heterocycles. The summed E-state index contributed by atoms with van der Waals surface area (Å²) in [5.74, 6) is -0.417. The van der Waals surface area contributed by atoms with Gasteiger partial charge in [-0.2, -0.15) is 0 Å². The van der Waals surface area contributed by atoms with Crippen LogP contribution in [0.3, 0.4) is 0 Å². The van der Waals surface area contributed by atoms with Crippen LogP contribution in [0.15, 0.2) is 53.5 Å². The number of guanidine groups is 1. The SMILES string of the molecule is CN(C)CCNC(=O)c1cccc(CN=C(N)Nc2ccc(OC(F)(F)F)cc2)c1.I. The van der Waals surface area contributed by atoms with Crippen LogP contribution in [0.25, 0.3) is 0 Å². The van der Waals surface area contributed by atoms with Crippen molar-refractivity contribution in [3.63, 3.8) is 0 Å². The number of likely N-dealkylation sites (N-methyl/N-ethyl adjacent to an activating group) is 1. The Balaban J connectivity index is 0.00000480. The van der Waals surface area contributed by atoms with Crippen molar-refractivity contribution in [2.45, 2.75) is 12.9 Å². The molecule has 31 heavy (non-hydrogen) atoms. The number of halogens is 4. The summed E-state index contributed by atoms with van der Waals surface area (Å²) in [6, 6.07) is 12.1. The number of nitrogens with one attached hydrogen (secondary N) is 2. The Bertz CT molecular complexity index is 874. The van der Waals surface area contributed by atoms with Gasteiger partial charge in [-0.25, -0.2) is 4.99 Å². The molecule has 0 saturated carbocycles. The lowest BCUT2D eigenvalue weighted by Gasteiger charge is -2.11. The monoisotopic (exact) mass is 551 g/mol. The number of rotatable bonds is 8. The number of carbonyl (C=O) groups excluding carboxylic acids is 1. The molecule has 0 radical (unpaired) electrons. The maximum absolute atomic E-state index is 12.2. The van der Waals surface area contributed by atoms with E-state index in [9.17, 15) is 18.0 Å². The molecular weight excluding hydrogens is 526 g/mol. The first kappa shape index (κ1) is 26.5. The number of nitrogens with two attached hydrogens (primary N) is 1. The number of anilines is 1. The molecule has 2 aromatic rings. The average molecular weight is 551 g/mol. The summed E-state index contributed by atoms with van der Waals surface area (Å²) in [4.78, 5) is 18.4. The van der Waals surface area contributed by atoms with Gasteiger partial charge in [-0.05, 0) is 56.1 Å². The van der Waals surface area contributed by atoms with E-state index < -0.39 is 6.36 Å². The molecule has 0 aromatic heterocycles. The molecule has 0 aliphatic rings. The molecular formula is C20H25F3IN5O2. The zero-order valence-corrected chi connectivity index (χ0v) is 19.4. The van der Waals surface area contributed by atoms with Crippen molar-refractivity contribution in [2.75, 3.05) is 32.5 Å². The van der Waals surface area contributed by atoms with E-state index in [0.29, 0.717) is 17.8 Å². The Labute approximate surface area is 195 Å². The summed E-state index contributed by atoms with van der Waals surface area (Å²) >= 11 is 0. The van der Waals surface area contributed by atoms with Gasteiger partial charge >= 0.3 is 6.36 Å². The van der Waals surface area contributed by atoms with Crippen LogP contribution in [0.4, 0.5) is 18.9 Å². The fourth-order valence-electron chi connectivity index (χ4n) is 2.41. The van der Waals surface area contributed by atoms with E-state index in [0.717, 1.165) is 12.1 Å². The van der Waals surface area contributed by atoms with Crippen LogP contribution in [0.1, 0.15) is 15.9 Å². The Hall–Kier alpha value is -2.54. The van der Waals surface area contributed by atoms with Gasteiger partial charge in [-0.15, -0.1) is 37.1 Å². The molecule has 2 aromatic carbocycles. The number of aliphatic imine (C=N–C) groups is 1. The lowest BCUT2D eigenvalue weighted by atomic mass is 10.1. The minimum atomic E-state index is -4.74. The Kier molecular flexibility index (Phi) is 10.6. The Morgan fingerprint density at radius 1 is 1.16 bits per heavy atom. The van der Waals surface area contributed by atoms with E-state index in [1.807, 2.05) is 25.1 Å². The molecule has 0 bridgehead atoms. The summed E-state index contributed by atoms with van der Waals surface area (Å²) in [6.45, 7) is 1.51.